The van der Waals surface area contributed by atoms with Crippen LogP contribution in [0.5, 0.6) is 0 Å². The van der Waals surface area contributed by atoms with Crippen LogP contribution in [-0.4, -0.2) is 39.6 Å². The van der Waals surface area contributed by atoms with Crippen molar-refractivity contribution in [1.29, 1.82) is 0 Å². The minimum atomic E-state index is -0.0720. The molecule has 1 aliphatic carbocycles. The third-order valence-electron chi connectivity index (χ3n) is 5.85. The topological polar surface area (TPSA) is 80.4 Å². The Labute approximate surface area is 178 Å². The van der Waals surface area contributed by atoms with Gasteiger partial charge in [0.15, 0.2) is 5.76 Å². The van der Waals surface area contributed by atoms with Crippen LogP contribution in [0.1, 0.15) is 45.2 Å². The maximum atomic E-state index is 12.9. The monoisotopic (exact) mass is 424 g/mol. The van der Waals surface area contributed by atoms with Gasteiger partial charge in [-0.1, -0.05) is 6.07 Å². The van der Waals surface area contributed by atoms with E-state index in [4.69, 9.17) is 4.42 Å². The fourth-order valence-corrected chi connectivity index (χ4v) is 4.96. The Kier molecular flexibility index (Phi) is 4.94. The lowest BCUT2D eigenvalue weighted by molar-refractivity contribution is -0.122. The molecule has 2 amide bonds. The Hall–Kier alpha value is -2.87. The van der Waals surface area contributed by atoms with E-state index >= 15 is 0 Å². The zero-order valence-electron chi connectivity index (χ0n) is 16.9. The molecule has 0 aromatic carbocycles. The van der Waals surface area contributed by atoms with Crippen molar-refractivity contribution < 1.29 is 14.0 Å². The molecule has 1 N–H and O–H groups in total. The number of aromatic nitrogens is 2. The number of rotatable bonds is 5. The van der Waals surface area contributed by atoms with Crippen molar-refractivity contribution >= 4 is 23.2 Å². The predicted molar refractivity (Wildman–Crippen MR) is 113 cm³/mol. The van der Waals surface area contributed by atoms with E-state index in [0.717, 1.165) is 71.8 Å². The average molecular weight is 425 g/mol. The number of likely N-dealkylation sites (tertiary alicyclic amines) is 1. The Morgan fingerprint density at radius 1 is 1.27 bits per heavy atom. The molecule has 0 radical (unpaired) electrons. The molecule has 156 valence electrons. The van der Waals surface area contributed by atoms with E-state index in [0.29, 0.717) is 12.3 Å². The normalized spacial score (nSPS) is 15.2. The number of carbonyl (C=O) groups is 2. The number of nitrogens with one attached hydrogen (secondary N) is 1. The van der Waals surface area contributed by atoms with Crippen LogP contribution in [0.25, 0.3) is 11.3 Å². The molecule has 3 aromatic heterocycles. The number of amides is 2. The number of thiophene rings is 1. The first kappa shape index (κ1) is 19.1. The second-order valence-corrected chi connectivity index (χ2v) is 8.94. The molecule has 0 atom stereocenters. The molecule has 0 spiro atoms. The minimum absolute atomic E-state index is 0.0201. The molecule has 2 aliphatic rings. The largest absolute Gasteiger partial charge is 0.455 e. The van der Waals surface area contributed by atoms with E-state index in [9.17, 15) is 9.59 Å². The van der Waals surface area contributed by atoms with E-state index in [1.807, 2.05) is 35.5 Å². The summed E-state index contributed by atoms with van der Waals surface area (Å²) < 4.78 is 7.71. The number of hydrogen-bond donors (Lipinski definition) is 1. The standard InChI is InChI=1S/C22H24N4O3S/c1-14-19-17(29-21(14)22(28)25-8-2-3-9-25)7-6-15-12-26(24-20(15)19)13-18(27)23-11-16-5-4-10-30-16/h4-5,10,12H,2-3,6-9,11,13H2,1H3,(H,23,27). The van der Waals surface area contributed by atoms with Gasteiger partial charge in [-0.2, -0.15) is 5.10 Å². The third-order valence-corrected chi connectivity index (χ3v) is 6.72. The molecule has 0 saturated carbocycles. The van der Waals surface area contributed by atoms with Crippen LogP contribution in [-0.2, 0) is 30.7 Å². The predicted octanol–water partition coefficient (Wildman–Crippen LogP) is 3.16. The maximum absolute atomic E-state index is 12.9. The Morgan fingerprint density at radius 2 is 2.10 bits per heavy atom. The molecule has 0 bridgehead atoms. The summed E-state index contributed by atoms with van der Waals surface area (Å²) in [7, 11) is 0. The van der Waals surface area contributed by atoms with Gasteiger partial charge in [-0.15, -0.1) is 11.3 Å². The third kappa shape index (κ3) is 3.45. The Bertz CT molecular complexity index is 1090. The fraction of sp³-hybridized carbons (Fsp3) is 0.409. The molecule has 0 unspecified atom stereocenters. The first-order chi connectivity index (χ1) is 14.6. The molecule has 3 aromatic rings. The van der Waals surface area contributed by atoms with Gasteiger partial charge in [0.1, 0.15) is 12.3 Å². The summed E-state index contributed by atoms with van der Waals surface area (Å²) in [6.07, 6.45) is 5.58. The van der Waals surface area contributed by atoms with Crippen molar-refractivity contribution in [2.75, 3.05) is 13.1 Å². The molecular formula is C22H24N4O3S. The van der Waals surface area contributed by atoms with Crippen molar-refractivity contribution in [2.24, 2.45) is 0 Å². The molecule has 7 nitrogen and oxygen atoms in total. The number of nitrogens with zero attached hydrogens (tertiary/aromatic N) is 3. The highest BCUT2D eigenvalue weighted by molar-refractivity contribution is 7.09. The lowest BCUT2D eigenvalue weighted by atomic mass is 9.93. The van der Waals surface area contributed by atoms with Crippen LogP contribution in [0, 0.1) is 6.92 Å². The smallest absolute Gasteiger partial charge is 0.289 e. The first-order valence-electron chi connectivity index (χ1n) is 10.4. The van der Waals surface area contributed by atoms with Crippen LogP contribution >= 0.6 is 11.3 Å². The second-order valence-electron chi connectivity index (χ2n) is 7.91. The fourth-order valence-electron chi connectivity index (χ4n) is 4.31. The lowest BCUT2D eigenvalue weighted by Gasteiger charge is -2.13. The van der Waals surface area contributed by atoms with Gasteiger partial charge in [0.2, 0.25) is 5.91 Å². The number of hydrogen-bond acceptors (Lipinski definition) is 5. The summed E-state index contributed by atoms with van der Waals surface area (Å²) in [6.45, 7) is 4.23. The molecule has 1 saturated heterocycles. The zero-order valence-corrected chi connectivity index (χ0v) is 17.8. The van der Waals surface area contributed by atoms with Gasteiger partial charge in [0.25, 0.3) is 5.91 Å². The average Bonchev–Trinajstić information content (AvgIpc) is 3.51. The van der Waals surface area contributed by atoms with Crippen molar-refractivity contribution in [3.63, 3.8) is 0 Å². The van der Waals surface area contributed by atoms with Crippen molar-refractivity contribution in [3.8, 4) is 11.3 Å². The van der Waals surface area contributed by atoms with Crippen LogP contribution in [0.3, 0.4) is 0 Å². The van der Waals surface area contributed by atoms with E-state index in [1.165, 1.54) is 0 Å². The van der Waals surface area contributed by atoms with E-state index in [-0.39, 0.29) is 18.4 Å². The van der Waals surface area contributed by atoms with Gasteiger partial charge in [-0.05, 0) is 43.2 Å². The van der Waals surface area contributed by atoms with Crippen molar-refractivity contribution in [1.82, 2.24) is 20.0 Å². The molecule has 8 heteroatoms. The molecular weight excluding hydrogens is 400 g/mol. The van der Waals surface area contributed by atoms with Crippen LogP contribution < -0.4 is 5.32 Å². The van der Waals surface area contributed by atoms with E-state index in [2.05, 4.69) is 10.4 Å². The number of aryl methyl sites for hydroxylation is 2. The first-order valence-corrected chi connectivity index (χ1v) is 11.3. The number of fused-ring (bicyclic) bond motifs is 3. The van der Waals surface area contributed by atoms with Gasteiger partial charge in [0.05, 0.1) is 12.2 Å². The summed E-state index contributed by atoms with van der Waals surface area (Å²) in [4.78, 5) is 28.2. The highest BCUT2D eigenvalue weighted by atomic mass is 32.1. The number of furan rings is 1. The van der Waals surface area contributed by atoms with Crippen molar-refractivity contribution in [3.05, 3.63) is 51.2 Å². The second kappa shape index (κ2) is 7.75. The molecule has 5 rings (SSSR count). The van der Waals surface area contributed by atoms with Crippen LogP contribution in [0.15, 0.2) is 28.1 Å². The molecule has 30 heavy (non-hydrogen) atoms. The zero-order chi connectivity index (χ0) is 20.7. The number of carbonyl (C=O) groups excluding carboxylic acids is 2. The van der Waals surface area contributed by atoms with E-state index in [1.54, 1.807) is 16.0 Å². The van der Waals surface area contributed by atoms with Gasteiger partial charge >= 0.3 is 0 Å². The minimum Gasteiger partial charge on any atom is -0.455 e. The summed E-state index contributed by atoms with van der Waals surface area (Å²) in [5.74, 6) is 1.18. The Balaban J connectivity index is 1.35. The molecule has 4 heterocycles. The highest BCUT2D eigenvalue weighted by Gasteiger charge is 2.32. The maximum Gasteiger partial charge on any atom is 0.289 e. The van der Waals surface area contributed by atoms with Crippen molar-refractivity contribution in [2.45, 2.75) is 45.7 Å². The van der Waals surface area contributed by atoms with Gasteiger partial charge in [-0.25, -0.2) is 0 Å². The highest BCUT2D eigenvalue weighted by Crippen LogP contribution is 2.38. The van der Waals surface area contributed by atoms with E-state index < -0.39 is 0 Å². The van der Waals surface area contributed by atoms with Gasteiger partial charge in [0, 0.05) is 41.7 Å². The summed E-state index contributed by atoms with van der Waals surface area (Å²) in [5, 5.41) is 9.61. The summed E-state index contributed by atoms with van der Waals surface area (Å²) >= 11 is 1.62. The SMILES string of the molecule is Cc1c(C(=O)N2CCCC2)oc2c1-c1nn(CC(=O)NCc3cccs3)cc1CC2. The lowest BCUT2D eigenvalue weighted by Crippen LogP contribution is -2.27. The quantitative estimate of drug-likeness (QED) is 0.682. The molecule has 1 fully saturated rings. The van der Waals surface area contributed by atoms with Crippen LogP contribution in [0.2, 0.25) is 0 Å². The molecule has 1 aliphatic heterocycles. The summed E-state index contributed by atoms with van der Waals surface area (Å²) in [6, 6.07) is 3.98. The summed E-state index contributed by atoms with van der Waals surface area (Å²) in [5.41, 5.74) is 3.72. The van der Waals surface area contributed by atoms with Crippen LogP contribution in [0.4, 0.5) is 0 Å². The van der Waals surface area contributed by atoms with Gasteiger partial charge < -0.3 is 14.6 Å². The Morgan fingerprint density at radius 3 is 2.87 bits per heavy atom. The van der Waals surface area contributed by atoms with Gasteiger partial charge in [-0.3, -0.25) is 14.3 Å².